The smallest absolute Gasteiger partial charge is 0.0488 e. The van der Waals surface area contributed by atoms with Crippen LogP contribution in [-0.4, -0.2) is 4.98 Å². The van der Waals surface area contributed by atoms with Crippen molar-refractivity contribution in [1.82, 2.24) is 4.98 Å². The summed E-state index contributed by atoms with van der Waals surface area (Å²) in [6, 6.07) is 13.1. The molecular weight excluding hydrogens is 218 g/mol. The normalized spacial score (nSPS) is 17.1. The Kier molecular flexibility index (Phi) is 3.14. The molecule has 0 fully saturated rings. The van der Waals surface area contributed by atoms with E-state index in [9.17, 15) is 0 Å². The molecule has 0 amide bonds. The lowest BCUT2D eigenvalue weighted by Gasteiger charge is -2.27. The summed E-state index contributed by atoms with van der Waals surface area (Å²) >= 11 is 0. The summed E-state index contributed by atoms with van der Waals surface area (Å²) in [5.74, 6) is 0.656. The fraction of sp³-hybridized carbons (Fsp3) is 0.353. The van der Waals surface area contributed by atoms with Crippen molar-refractivity contribution in [3.8, 4) is 11.1 Å². The Bertz CT molecular complexity index is 545. The van der Waals surface area contributed by atoms with Gasteiger partial charge in [0, 0.05) is 17.5 Å². The molecule has 0 radical (unpaired) electrons. The summed E-state index contributed by atoms with van der Waals surface area (Å²) in [4.78, 5) is 4.58. The third-order valence-corrected chi connectivity index (χ3v) is 3.93. The number of benzene rings is 1. The summed E-state index contributed by atoms with van der Waals surface area (Å²) in [5, 5.41) is 0. The van der Waals surface area contributed by atoms with Crippen molar-refractivity contribution in [2.24, 2.45) is 0 Å². The van der Waals surface area contributed by atoms with Gasteiger partial charge in [-0.25, -0.2) is 0 Å². The van der Waals surface area contributed by atoms with Gasteiger partial charge in [-0.05, 0) is 36.0 Å². The number of nitrogens with zero attached hydrogens (tertiary/aromatic N) is 1. The van der Waals surface area contributed by atoms with E-state index < -0.39 is 0 Å². The molecule has 1 heterocycles. The van der Waals surface area contributed by atoms with Crippen LogP contribution in [0.15, 0.2) is 42.6 Å². The molecule has 0 aliphatic heterocycles. The number of unbranched alkanes of at least 4 members (excludes halogenated alkanes) is 1. The summed E-state index contributed by atoms with van der Waals surface area (Å²) in [6.07, 6.45) is 6.88. The van der Waals surface area contributed by atoms with Crippen molar-refractivity contribution in [2.45, 2.75) is 38.5 Å². The van der Waals surface area contributed by atoms with Crippen molar-refractivity contribution >= 4 is 0 Å². The molecule has 1 aromatic heterocycles. The highest BCUT2D eigenvalue weighted by atomic mass is 14.7. The molecular formula is C17H19N. The molecule has 0 spiro atoms. The molecule has 18 heavy (non-hydrogen) atoms. The van der Waals surface area contributed by atoms with Crippen LogP contribution in [0.4, 0.5) is 0 Å². The zero-order valence-electron chi connectivity index (χ0n) is 10.9. The van der Waals surface area contributed by atoms with Gasteiger partial charge in [0.1, 0.15) is 0 Å². The molecule has 0 saturated heterocycles. The summed E-state index contributed by atoms with van der Waals surface area (Å²) < 4.78 is 0. The van der Waals surface area contributed by atoms with Crippen LogP contribution in [0, 0.1) is 0 Å². The monoisotopic (exact) mass is 237 g/mol. The first kappa shape index (κ1) is 11.5. The maximum Gasteiger partial charge on any atom is 0.0488 e. The Morgan fingerprint density at radius 3 is 2.83 bits per heavy atom. The van der Waals surface area contributed by atoms with Crippen LogP contribution in [0.1, 0.15) is 43.4 Å². The third kappa shape index (κ3) is 1.94. The van der Waals surface area contributed by atoms with E-state index in [1.165, 1.54) is 41.6 Å². The summed E-state index contributed by atoms with van der Waals surface area (Å²) in [7, 11) is 0. The van der Waals surface area contributed by atoms with Gasteiger partial charge in [-0.2, -0.15) is 0 Å². The predicted molar refractivity (Wildman–Crippen MR) is 75.6 cm³/mol. The Labute approximate surface area is 109 Å². The highest BCUT2D eigenvalue weighted by Crippen LogP contribution is 2.40. The first-order valence-electron chi connectivity index (χ1n) is 6.93. The quantitative estimate of drug-likeness (QED) is 0.761. The Balaban J connectivity index is 2.05. The minimum absolute atomic E-state index is 0.656. The van der Waals surface area contributed by atoms with Gasteiger partial charge in [0.05, 0.1) is 0 Å². The molecule has 1 atom stereocenters. The van der Waals surface area contributed by atoms with Crippen LogP contribution in [0.25, 0.3) is 11.1 Å². The molecule has 1 aromatic carbocycles. The fourth-order valence-corrected chi connectivity index (χ4v) is 3.00. The van der Waals surface area contributed by atoms with Crippen LogP contribution in [-0.2, 0) is 6.42 Å². The SMILES string of the molecule is CCCC[C@@H]1Cc2ncccc2-c2ccccc21. The van der Waals surface area contributed by atoms with Crippen LogP contribution in [0.3, 0.4) is 0 Å². The molecule has 1 heteroatoms. The topological polar surface area (TPSA) is 12.9 Å². The van der Waals surface area contributed by atoms with Crippen molar-refractivity contribution in [2.75, 3.05) is 0 Å². The van der Waals surface area contributed by atoms with Crippen molar-refractivity contribution in [1.29, 1.82) is 0 Å². The van der Waals surface area contributed by atoms with Gasteiger partial charge in [-0.3, -0.25) is 4.98 Å². The average molecular weight is 237 g/mol. The molecule has 3 rings (SSSR count). The Hall–Kier alpha value is -1.63. The van der Waals surface area contributed by atoms with E-state index in [1.54, 1.807) is 0 Å². The number of rotatable bonds is 3. The second-order valence-corrected chi connectivity index (χ2v) is 5.13. The first-order chi connectivity index (χ1) is 8.90. The maximum atomic E-state index is 4.58. The molecule has 1 aliphatic rings. The van der Waals surface area contributed by atoms with Gasteiger partial charge in [0.15, 0.2) is 0 Å². The highest BCUT2D eigenvalue weighted by molar-refractivity contribution is 5.72. The van der Waals surface area contributed by atoms with Crippen LogP contribution in [0.2, 0.25) is 0 Å². The van der Waals surface area contributed by atoms with Gasteiger partial charge in [0.25, 0.3) is 0 Å². The average Bonchev–Trinajstić information content (AvgIpc) is 2.45. The summed E-state index contributed by atoms with van der Waals surface area (Å²) in [6.45, 7) is 2.26. The van der Waals surface area contributed by atoms with E-state index in [0.29, 0.717) is 5.92 Å². The molecule has 0 saturated carbocycles. The third-order valence-electron chi connectivity index (χ3n) is 3.93. The lowest BCUT2D eigenvalue weighted by atomic mass is 9.79. The van der Waals surface area contributed by atoms with Crippen molar-refractivity contribution < 1.29 is 0 Å². The van der Waals surface area contributed by atoms with Gasteiger partial charge < -0.3 is 0 Å². The predicted octanol–water partition coefficient (Wildman–Crippen LogP) is 4.58. The molecule has 92 valence electrons. The van der Waals surface area contributed by atoms with Gasteiger partial charge in [-0.1, -0.05) is 50.1 Å². The van der Waals surface area contributed by atoms with E-state index in [2.05, 4.69) is 42.2 Å². The zero-order chi connectivity index (χ0) is 12.4. The lowest BCUT2D eigenvalue weighted by Crippen LogP contribution is -2.12. The van der Waals surface area contributed by atoms with Crippen LogP contribution >= 0.6 is 0 Å². The Morgan fingerprint density at radius 1 is 1.11 bits per heavy atom. The highest BCUT2D eigenvalue weighted by Gasteiger charge is 2.24. The molecule has 1 aliphatic carbocycles. The van der Waals surface area contributed by atoms with Gasteiger partial charge in [0.2, 0.25) is 0 Å². The first-order valence-corrected chi connectivity index (χ1v) is 6.93. The molecule has 1 nitrogen and oxygen atoms in total. The van der Waals surface area contributed by atoms with Crippen LogP contribution < -0.4 is 0 Å². The maximum absolute atomic E-state index is 4.58. The zero-order valence-corrected chi connectivity index (χ0v) is 10.9. The number of fused-ring (bicyclic) bond motifs is 3. The molecule has 0 bridgehead atoms. The lowest BCUT2D eigenvalue weighted by molar-refractivity contribution is 0.571. The van der Waals surface area contributed by atoms with E-state index in [-0.39, 0.29) is 0 Å². The van der Waals surface area contributed by atoms with E-state index >= 15 is 0 Å². The number of pyridine rings is 1. The fourth-order valence-electron chi connectivity index (χ4n) is 3.00. The minimum Gasteiger partial charge on any atom is -0.261 e. The van der Waals surface area contributed by atoms with Gasteiger partial charge >= 0.3 is 0 Å². The van der Waals surface area contributed by atoms with Crippen molar-refractivity contribution in [3.05, 3.63) is 53.9 Å². The molecule has 2 aromatic rings. The minimum atomic E-state index is 0.656. The van der Waals surface area contributed by atoms with Crippen LogP contribution in [0.5, 0.6) is 0 Å². The largest absolute Gasteiger partial charge is 0.261 e. The van der Waals surface area contributed by atoms with Crippen molar-refractivity contribution in [3.63, 3.8) is 0 Å². The van der Waals surface area contributed by atoms with E-state index in [1.807, 2.05) is 12.3 Å². The Morgan fingerprint density at radius 2 is 1.94 bits per heavy atom. The van der Waals surface area contributed by atoms with E-state index in [4.69, 9.17) is 0 Å². The van der Waals surface area contributed by atoms with E-state index in [0.717, 1.165) is 6.42 Å². The van der Waals surface area contributed by atoms with Gasteiger partial charge in [-0.15, -0.1) is 0 Å². The number of hydrogen-bond donors (Lipinski definition) is 0. The summed E-state index contributed by atoms with van der Waals surface area (Å²) in [5.41, 5.74) is 5.53. The molecule has 0 unspecified atom stereocenters. The number of hydrogen-bond acceptors (Lipinski definition) is 1. The second-order valence-electron chi connectivity index (χ2n) is 5.13. The standard InChI is InChI=1S/C17H19N/c1-2-3-7-13-12-17-16(10-6-11-18-17)15-9-5-4-8-14(13)15/h4-6,8-11,13H,2-3,7,12H2,1H3/t13-/m1/s1. The number of aromatic nitrogens is 1. The molecule has 0 N–H and O–H groups in total. The second kappa shape index (κ2) is 4.93.